The minimum absolute atomic E-state index is 0.380. The number of rotatable bonds is 8. The fourth-order valence-electron chi connectivity index (χ4n) is 2.16. The maximum atomic E-state index is 11.9. The first-order chi connectivity index (χ1) is 13.0. The van der Waals surface area contributed by atoms with Crippen LogP contribution in [0.4, 0.5) is 5.69 Å². The van der Waals surface area contributed by atoms with Gasteiger partial charge in [-0.3, -0.25) is 9.59 Å². The maximum Gasteiger partial charge on any atom is 0.249 e. The van der Waals surface area contributed by atoms with Crippen molar-refractivity contribution in [2.45, 2.75) is 13.3 Å². The first-order valence-electron chi connectivity index (χ1n) is 8.20. The van der Waals surface area contributed by atoms with Crippen molar-refractivity contribution in [3.63, 3.8) is 0 Å². The molecule has 8 heteroatoms. The van der Waals surface area contributed by atoms with E-state index in [1.54, 1.807) is 42.5 Å². The highest BCUT2D eigenvalue weighted by molar-refractivity contribution is 6.33. The molecule has 7 nitrogen and oxygen atoms in total. The van der Waals surface area contributed by atoms with Crippen molar-refractivity contribution in [2.75, 3.05) is 19.0 Å². The van der Waals surface area contributed by atoms with Crippen LogP contribution in [0.25, 0.3) is 0 Å². The Kier molecular flexibility index (Phi) is 7.63. The first kappa shape index (κ1) is 20.3. The predicted molar refractivity (Wildman–Crippen MR) is 105 cm³/mol. The molecule has 2 aromatic rings. The van der Waals surface area contributed by atoms with Gasteiger partial charge in [0.1, 0.15) is 6.42 Å². The van der Waals surface area contributed by atoms with Crippen LogP contribution in [0, 0.1) is 0 Å². The Hall–Kier alpha value is -3.06. The highest BCUT2D eigenvalue weighted by Gasteiger charge is 2.10. The zero-order chi connectivity index (χ0) is 19.6. The van der Waals surface area contributed by atoms with Crippen LogP contribution in [0.15, 0.2) is 47.6 Å². The van der Waals surface area contributed by atoms with E-state index < -0.39 is 11.8 Å². The van der Waals surface area contributed by atoms with Gasteiger partial charge in [0.2, 0.25) is 11.8 Å². The minimum Gasteiger partial charge on any atom is -0.493 e. The number of hydrogen-bond donors (Lipinski definition) is 2. The number of carbonyl (C=O) groups is 2. The van der Waals surface area contributed by atoms with Crippen LogP contribution in [0.2, 0.25) is 5.02 Å². The summed E-state index contributed by atoms with van der Waals surface area (Å²) in [5, 5.41) is 6.81. The number of halogens is 1. The SMILES string of the molecule is CCOc1ccc(C=NNC(=O)CC(=O)Nc2ccccc2Cl)cc1OC. The second kappa shape index (κ2) is 10.2. The van der Waals surface area contributed by atoms with Gasteiger partial charge in [-0.2, -0.15) is 5.10 Å². The summed E-state index contributed by atoms with van der Waals surface area (Å²) in [5.74, 6) is 0.149. The zero-order valence-corrected chi connectivity index (χ0v) is 15.7. The third-order valence-electron chi connectivity index (χ3n) is 3.36. The van der Waals surface area contributed by atoms with E-state index in [0.29, 0.717) is 34.4 Å². The monoisotopic (exact) mass is 389 g/mol. The van der Waals surface area contributed by atoms with Crippen molar-refractivity contribution >= 4 is 35.3 Å². The van der Waals surface area contributed by atoms with E-state index >= 15 is 0 Å². The number of hydrazone groups is 1. The molecule has 0 fully saturated rings. The lowest BCUT2D eigenvalue weighted by Gasteiger charge is -2.09. The van der Waals surface area contributed by atoms with E-state index in [0.717, 1.165) is 0 Å². The predicted octanol–water partition coefficient (Wildman–Crippen LogP) is 3.23. The van der Waals surface area contributed by atoms with E-state index in [-0.39, 0.29) is 6.42 Å². The molecule has 0 aliphatic carbocycles. The number of ether oxygens (including phenoxy) is 2. The summed E-state index contributed by atoms with van der Waals surface area (Å²) in [4.78, 5) is 23.7. The summed E-state index contributed by atoms with van der Waals surface area (Å²) < 4.78 is 10.7. The highest BCUT2D eigenvalue weighted by Crippen LogP contribution is 2.27. The number of nitrogens with one attached hydrogen (secondary N) is 2. The van der Waals surface area contributed by atoms with Crippen LogP contribution < -0.4 is 20.2 Å². The highest BCUT2D eigenvalue weighted by atomic mass is 35.5. The topological polar surface area (TPSA) is 89.0 Å². The van der Waals surface area contributed by atoms with Crippen molar-refractivity contribution < 1.29 is 19.1 Å². The van der Waals surface area contributed by atoms with Crippen LogP contribution in [0.5, 0.6) is 11.5 Å². The van der Waals surface area contributed by atoms with Crippen LogP contribution in [0.1, 0.15) is 18.9 Å². The van der Waals surface area contributed by atoms with E-state index in [1.807, 2.05) is 6.92 Å². The molecule has 142 valence electrons. The van der Waals surface area contributed by atoms with Gasteiger partial charge in [-0.15, -0.1) is 0 Å². The van der Waals surface area contributed by atoms with E-state index in [9.17, 15) is 9.59 Å². The Morgan fingerprint density at radius 2 is 1.93 bits per heavy atom. The molecule has 2 rings (SSSR count). The van der Waals surface area contributed by atoms with Crippen molar-refractivity contribution in [3.05, 3.63) is 53.1 Å². The van der Waals surface area contributed by atoms with Gasteiger partial charge >= 0.3 is 0 Å². The van der Waals surface area contributed by atoms with Crippen molar-refractivity contribution in [1.82, 2.24) is 5.43 Å². The molecular weight excluding hydrogens is 370 g/mol. The molecule has 2 N–H and O–H groups in total. The third kappa shape index (κ3) is 6.31. The Balaban J connectivity index is 1.87. The number of hydrogen-bond acceptors (Lipinski definition) is 5. The lowest BCUT2D eigenvalue weighted by molar-refractivity contribution is -0.126. The second-order valence-corrected chi connectivity index (χ2v) is 5.75. The molecule has 27 heavy (non-hydrogen) atoms. The van der Waals surface area contributed by atoms with E-state index in [2.05, 4.69) is 15.8 Å². The molecule has 0 aliphatic rings. The normalized spacial score (nSPS) is 10.5. The number of amides is 2. The summed E-state index contributed by atoms with van der Waals surface area (Å²) in [7, 11) is 1.54. The van der Waals surface area contributed by atoms with Gasteiger partial charge in [0.25, 0.3) is 0 Å². The molecule has 0 atom stereocenters. The van der Waals surface area contributed by atoms with Gasteiger partial charge in [0.05, 0.1) is 30.6 Å². The van der Waals surface area contributed by atoms with Crippen LogP contribution in [-0.4, -0.2) is 31.7 Å². The summed E-state index contributed by atoms with van der Waals surface area (Å²) in [6.45, 7) is 2.41. The molecule has 0 radical (unpaired) electrons. The Morgan fingerprint density at radius 3 is 2.63 bits per heavy atom. The Morgan fingerprint density at radius 1 is 1.15 bits per heavy atom. The standard InChI is InChI=1S/C19H20ClN3O4/c1-3-27-16-9-8-13(10-17(16)26-2)12-21-23-19(25)11-18(24)22-15-7-5-4-6-14(15)20/h4-10,12H,3,11H2,1-2H3,(H,22,24)(H,23,25). The van der Waals surface area contributed by atoms with Crippen LogP contribution in [-0.2, 0) is 9.59 Å². The van der Waals surface area contributed by atoms with E-state index in [4.69, 9.17) is 21.1 Å². The molecule has 0 saturated heterocycles. The average Bonchev–Trinajstić information content (AvgIpc) is 2.64. The van der Waals surface area contributed by atoms with Crippen molar-refractivity contribution in [3.8, 4) is 11.5 Å². The molecule has 0 unspecified atom stereocenters. The quantitative estimate of drug-likeness (QED) is 0.412. The molecular formula is C19H20ClN3O4. The van der Waals surface area contributed by atoms with Crippen LogP contribution >= 0.6 is 11.6 Å². The summed E-state index contributed by atoms with van der Waals surface area (Å²) in [6.07, 6.45) is 1.07. The van der Waals surface area contributed by atoms with Gasteiger partial charge < -0.3 is 14.8 Å². The lowest BCUT2D eigenvalue weighted by Crippen LogP contribution is -2.24. The molecule has 0 spiro atoms. The molecule has 0 heterocycles. The number of methoxy groups -OCH3 is 1. The molecule has 0 saturated carbocycles. The summed E-state index contributed by atoms with van der Waals surface area (Å²) in [5.41, 5.74) is 3.46. The molecule has 2 amide bonds. The van der Waals surface area contributed by atoms with Gasteiger partial charge in [0.15, 0.2) is 11.5 Å². The van der Waals surface area contributed by atoms with Crippen molar-refractivity contribution in [1.29, 1.82) is 0 Å². The Bertz CT molecular complexity index is 839. The molecule has 0 aromatic heterocycles. The fraction of sp³-hybridized carbons (Fsp3) is 0.211. The smallest absolute Gasteiger partial charge is 0.249 e. The second-order valence-electron chi connectivity index (χ2n) is 5.34. The molecule has 0 aliphatic heterocycles. The van der Waals surface area contributed by atoms with Crippen LogP contribution in [0.3, 0.4) is 0 Å². The fourth-order valence-corrected chi connectivity index (χ4v) is 2.34. The molecule has 2 aromatic carbocycles. The average molecular weight is 390 g/mol. The largest absolute Gasteiger partial charge is 0.493 e. The molecule has 0 bridgehead atoms. The number of anilines is 1. The third-order valence-corrected chi connectivity index (χ3v) is 3.69. The van der Waals surface area contributed by atoms with Gasteiger partial charge in [-0.25, -0.2) is 5.43 Å². The van der Waals surface area contributed by atoms with Gasteiger partial charge in [0, 0.05) is 0 Å². The lowest BCUT2D eigenvalue weighted by atomic mass is 10.2. The van der Waals surface area contributed by atoms with Gasteiger partial charge in [-0.05, 0) is 42.8 Å². The summed E-state index contributed by atoms with van der Waals surface area (Å²) >= 11 is 5.95. The zero-order valence-electron chi connectivity index (χ0n) is 15.0. The summed E-state index contributed by atoms with van der Waals surface area (Å²) in [6, 6.07) is 12.0. The maximum absolute atomic E-state index is 11.9. The Labute approximate surface area is 162 Å². The number of para-hydroxylation sites is 1. The number of benzene rings is 2. The van der Waals surface area contributed by atoms with E-state index in [1.165, 1.54) is 13.3 Å². The first-order valence-corrected chi connectivity index (χ1v) is 8.58. The van der Waals surface area contributed by atoms with Crippen molar-refractivity contribution in [2.24, 2.45) is 5.10 Å². The number of carbonyl (C=O) groups excluding carboxylic acids is 2. The number of nitrogens with zero attached hydrogens (tertiary/aromatic N) is 1. The van der Waals surface area contributed by atoms with Gasteiger partial charge in [-0.1, -0.05) is 23.7 Å². The minimum atomic E-state index is -0.547.